The average molecular weight is 658 g/mol. The van der Waals surface area contributed by atoms with Crippen LogP contribution in [0.1, 0.15) is 179 Å². The lowest BCUT2D eigenvalue weighted by Crippen LogP contribution is -2.27. The van der Waals surface area contributed by atoms with Crippen LogP contribution < -0.4 is 0 Å². The van der Waals surface area contributed by atoms with E-state index in [0.29, 0.717) is 41.5 Å². The van der Waals surface area contributed by atoms with Crippen molar-refractivity contribution in [2.75, 3.05) is 0 Å². The molecule has 47 heavy (non-hydrogen) atoms. The Balaban J connectivity index is 0.00000207. The fourth-order valence-electron chi connectivity index (χ4n) is 5.00. The predicted octanol–water partition coefficient (Wildman–Crippen LogP) is 12.9. The molecule has 1 aliphatic rings. The van der Waals surface area contributed by atoms with Crippen LogP contribution in [0.15, 0.2) is 27.1 Å². The van der Waals surface area contributed by atoms with Gasteiger partial charge in [-0.3, -0.25) is 9.59 Å². The molecule has 0 aromatic carbocycles. The number of hydrogen-bond donors (Lipinski definition) is 0. The van der Waals surface area contributed by atoms with Crippen LogP contribution >= 0.6 is 0 Å². The Morgan fingerprint density at radius 2 is 1.53 bits per heavy atom. The van der Waals surface area contributed by atoms with Gasteiger partial charge in [0.1, 0.15) is 11.4 Å². The van der Waals surface area contributed by atoms with Crippen LogP contribution in [-0.2, 0) is 19.7 Å². The predicted molar refractivity (Wildman–Crippen MR) is 203 cm³/mol. The molecule has 1 fully saturated rings. The van der Waals surface area contributed by atoms with E-state index in [0.717, 1.165) is 48.8 Å². The van der Waals surface area contributed by atoms with Gasteiger partial charge >= 0.3 is 5.97 Å². The van der Waals surface area contributed by atoms with Gasteiger partial charge in [-0.2, -0.15) is 0 Å². The van der Waals surface area contributed by atoms with E-state index < -0.39 is 5.60 Å². The number of Topliss-reactive ketones (excluding diaryl/α,β-unsaturated/α-hetero) is 1. The highest BCUT2D eigenvalue weighted by molar-refractivity contribution is 6.13. The third-order valence-corrected chi connectivity index (χ3v) is 7.50. The summed E-state index contributed by atoms with van der Waals surface area (Å²) in [5, 5.41) is 0. The van der Waals surface area contributed by atoms with Crippen molar-refractivity contribution >= 4 is 23.9 Å². The van der Waals surface area contributed by atoms with Crippen molar-refractivity contribution in [3.63, 3.8) is 0 Å². The third-order valence-electron chi connectivity index (χ3n) is 7.50. The van der Waals surface area contributed by atoms with Crippen LogP contribution in [0.3, 0.4) is 0 Å². The van der Waals surface area contributed by atoms with Crippen LogP contribution in [0, 0.1) is 36.0 Å². The van der Waals surface area contributed by atoms with Crippen LogP contribution in [0.5, 0.6) is 0 Å². The van der Waals surface area contributed by atoms with Gasteiger partial charge in [-0.05, 0) is 82.1 Å². The van der Waals surface area contributed by atoms with Gasteiger partial charge in [0.05, 0.1) is 0 Å². The normalized spacial score (nSPS) is 15.7. The van der Waals surface area contributed by atoms with Crippen molar-refractivity contribution in [2.45, 2.75) is 186 Å². The Labute approximate surface area is 291 Å². The van der Waals surface area contributed by atoms with Crippen molar-refractivity contribution in [1.29, 1.82) is 0 Å². The van der Waals surface area contributed by atoms with E-state index in [4.69, 9.17) is 9.15 Å². The first kappa shape index (κ1) is 44.8. The smallest absolute Gasteiger partial charge is 0.306 e. The Morgan fingerprint density at radius 1 is 0.979 bits per heavy atom. The fourth-order valence-corrected chi connectivity index (χ4v) is 5.00. The van der Waals surface area contributed by atoms with Crippen LogP contribution in [0.4, 0.5) is 5.88 Å². The van der Waals surface area contributed by atoms with Crippen LogP contribution in [0.2, 0.25) is 0 Å². The lowest BCUT2D eigenvalue weighted by molar-refractivity contribution is -0.156. The van der Waals surface area contributed by atoms with E-state index in [1.54, 1.807) is 6.21 Å². The first-order valence-electron chi connectivity index (χ1n) is 18.5. The molecule has 0 saturated heterocycles. The second kappa shape index (κ2) is 21.0. The highest BCUT2D eigenvalue weighted by Gasteiger charge is 2.28. The van der Waals surface area contributed by atoms with E-state index in [1.165, 1.54) is 25.7 Å². The molecule has 1 aliphatic carbocycles. The molecule has 1 saturated carbocycles. The van der Waals surface area contributed by atoms with E-state index >= 15 is 0 Å². The number of rotatable bonds is 14. The summed E-state index contributed by atoms with van der Waals surface area (Å²) >= 11 is 0. The van der Waals surface area contributed by atoms with E-state index in [2.05, 4.69) is 81.2 Å². The number of esters is 1. The topological polar surface area (TPSA) is 68.9 Å². The zero-order valence-corrected chi connectivity index (χ0v) is 33.7. The summed E-state index contributed by atoms with van der Waals surface area (Å²) in [6, 6.07) is 2.03. The Bertz CT molecular complexity index is 1090. The average Bonchev–Trinajstić information content (AvgIpc) is 3.23. The zero-order valence-electron chi connectivity index (χ0n) is 33.7. The highest BCUT2D eigenvalue weighted by atomic mass is 16.6. The number of nitrogens with zero attached hydrogens (tertiary/aromatic N) is 1. The maximum Gasteiger partial charge on any atom is 0.306 e. The maximum absolute atomic E-state index is 13.0. The Morgan fingerprint density at radius 3 is 1.96 bits per heavy atom. The maximum atomic E-state index is 13.0. The molecule has 0 radical (unpaired) electrons. The number of aryl methyl sites for hydroxylation is 1. The number of carbonyl (C=O) groups is 2. The molecule has 0 N–H and O–H groups in total. The van der Waals surface area contributed by atoms with Gasteiger partial charge in [0, 0.05) is 35.6 Å². The van der Waals surface area contributed by atoms with E-state index in [9.17, 15) is 9.59 Å². The monoisotopic (exact) mass is 658 g/mol. The number of furan rings is 1. The quantitative estimate of drug-likeness (QED) is 0.0864. The molecule has 0 amide bonds. The summed E-state index contributed by atoms with van der Waals surface area (Å²) in [5.74, 6) is 3.91. The third kappa shape index (κ3) is 22.9. The molecular weight excluding hydrogens is 582 g/mol. The molecule has 5 heteroatoms. The molecule has 1 heterocycles. The molecule has 5 nitrogen and oxygen atoms in total. The molecule has 2 rings (SSSR count). The van der Waals surface area contributed by atoms with Gasteiger partial charge in [0.15, 0.2) is 5.78 Å². The standard InChI is InChI=1S/C33H53NO4.C5H12.C4H10/c1-10-14-27(22-34-31-24(3)19-29(37-31)32(4,5)6)28(35)18-12-11-17-26(21-25-15-13-16-25)23(2)20-30(36)38-33(7,8)9;1-5(2,3)4;1-4(2)3/h14,19,22-23,25-26H,10-13,15-18,20-21H2,1-9H3;1-4H3;4H,1-3H3/b27-14-,34-22-;;. The van der Waals surface area contributed by atoms with Gasteiger partial charge in [-0.15, -0.1) is 0 Å². The second-order valence-corrected chi connectivity index (χ2v) is 18.1. The van der Waals surface area contributed by atoms with Gasteiger partial charge in [-0.25, -0.2) is 4.99 Å². The first-order chi connectivity index (χ1) is 21.4. The van der Waals surface area contributed by atoms with Crippen molar-refractivity contribution in [3.05, 3.63) is 29.0 Å². The molecule has 0 aliphatic heterocycles. The molecule has 0 spiro atoms. The summed E-state index contributed by atoms with van der Waals surface area (Å²) < 4.78 is 11.5. The minimum absolute atomic E-state index is 0.0860. The van der Waals surface area contributed by atoms with Gasteiger partial charge in [0.2, 0.25) is 5.88 Å². The summed E-state index contributed by atoms with van der Waals surface area (Å²) in [6.07, 6.45) is 13.4. The van der Waals surface area contributed by atoms with Gasteiger partial charge < -0.3 is 9.15 Å². The number of hydrogen-bond acceptors (Lipinski definition) is 5. The molecule has 0 bridgehead atoms. The Hall–Kier alpha value is -2.17. The number of carbonyl (C=O) groups excluding carboxylic acids is 2. The number of ketones is 1. The summed E-state index contributed by atoms with van der Waals surface area (Å²) in [4.78, 5) is 30.0. The summed E-state index contributed by atoms with van der Waals surface area (Å²) in [7, 11) is 0. The number of aliphatic imine (C=N–C) groups is 1. The second-order valence-electron chi connectivity index (χ2n) is 18.1. The highest BCUT2D eigenvalue weighted by Crippen LogP contribution is 2.38. The molecule has 1 aromatic rings. The molecule has 1 aromatic heterocycles. The van der Waals surface area contributed by atoms with Gasteiger partial charge in [-0.1, -0.05) is 121 Å². The van der Waals surface area contributed by atoms with Crippen molar-refractivity contribution < 1.29 is 18.7 Å². The van der Waals surface area contributed by atoms with E-state index in [-0.39, 0.29) is 17.2 Å². The minimum atomic E-state index is -0.446. The van der Waals surface area contributed by atoms with Crippen molar-refractivity contribution in [3.8, 4) is 0 Å². The molecular formula is C42H75NO4. The van der Waals surface area contributed by atoms with Crippen LogP contribution in [0.25, 0.3) is 0 Å². The summed E-state index contributed by atoms with van der Waals surface area (Å²) in [5.41, 5.74) is 1.60. The first-order valence-corrected chi connectivity index (χ1v) is 18.5. The van der Waals surface area contributed by atoms with Crippen molar-refractivity contribution in [2.24, 2.45) is 34.1 Å². The minimum Gasteiger partial charge on any atom is -0.460 e. The summed E-state index contributed by atoms with van der Waals surface area (Å²) in [6.45, 7) is 33.6. The molecule has 2 unspecified atom stereocenters. The van der Waals surface area contributed by atoms with Crippen LogP contribution in [-0.4, -0.2) is 23.6 Å². The molecule has 272 valence electrons. The van der Waals surface area contributed by atoms with Gasteiger partial charge in [0.25, 0.3) is 0 Å². The Kier molecular flexibility index (Phi) is 20.1. The zero-order chi connectivity index (χ0) is 36.6. The largest absolute Gasteiger partial charge is 0.460 e. The lowest BCUT2D eigenvalue weighted by Gasteiger charge is -2.33. The SMILES string of the molecule is CC(C)(C)C.CC(C)C.CC/C=C(/C=N\c1oc(C(C)(C)C)cc1C)C(=O)CCCCC(CC1CCC1)C(C)CC(=O)OC(C)(C)C. The number of unbranched alkanes of at least 4 members (excludes halogenated alkanes) is 1. The van der Waals surface area contributed by atoms with Crippen molar-refractivity contribution in [1.82, 2.24) is 0 Å². The van der Waals surface area contributed by atoms with E-state index in [1.807, 2.05) is 46.8 Å². The molecule has 2 atom stereocenters. The fraction of sp³-hybridized carbons (Fsp3) is 0.786. The lowest BCUT2D eigenvalue weighted by atomic mass is 9.73. The number of allylic oxidation sites excluding steroid dienone is 2. The number of ether oxygens (including phenoxy) is 1.